The van der Waals surface area contributed by atoms with Crippen molar-refractivity contribution in [2.45, 2.75) is 5.92 Å². The first kappa shape index (κ1) is 7.92. The maximum atomic E-state index is 13.0. The Bertz CT molecular complexity index is 356. The summed E-state index contributed by atoms with van der Waals surface area (Å²) < 4.78 is 26.8. The molecule has 1 aromatic carbocycles. The lowest BCUT2D eigenvalue weighted by atomic mass is 10.1. The second-order valence-electron chi connectivity index (χ2n) is 2.69. The van der Waals surface area contributed by atoms with E-state index in [0.717, 1.165) is 10.5 Å². The fraction of sp³-hybridized carbons (Fsp3) is 0.111. The molecule has 0 unspecified atom stereocenters. The zero-order valence-corrected chi connectivity index (χ0v) is 7.61. The molecule has 1 aliphatic carbocycles. The maximum Gasteiger partial charge on any atom is 0.292 e. The predicted octanol–water partition coefficient (Wildman–Crippen LogP) is 3.57. The average Bonchev–Trinajstić information content (AvgIpc) is 2.27. The van der Waals surface area contributed by atoms with Crippen LogP contribution in [0, 0.1) is 0 Å². The van der Waals surface area contributed by atoms with Gasteiger partial charge in [-0.15, -0.1) is 0 Å². The van der Waals surface area contributed by atoms with Crippen LogP contribution in [0.2, 0.25) is 0 Å². The van der Waals surface area contributed by atoms with Crippen molar-refractivity contribution in [2.75, 3.05) is 0 Å². The first-order valence-corrected chi connectivity index (χ1v) is 4.26. The number of fused-ring (bicyclic) bond motifs is 1. The lowest BCUT2D eigenvalue weighted by Gasteiger charge is -2.08. The summed E-state index contributed by atoms with van der Waals surface area (Å²) >= 11 is 3.22. The van der Waals surface area contributed by atoms with Gasteiger partial charge in [-0.05, 0) is 23.8 Å². The zero-order chi connectivity index (χ0) is 8.77. The van der Waals surface area contributed by atoms with E-state index in [9.17, 15) is 8.78 Å². The minimum atomic E-state index is -2.78. The second-order valence-corrected chi connectivity index (χ2v) is 3.60. The SMILES string of the molecule is FC1(F)C=Cc2cc(Br)ccc21. The van der Waals surface area contributed by atoms with Crippen LogP contribution in [0.4, 0.5) is 8.78 Å². The number of hydrogen-bond donors (Lipinski definition) is 0. The van der Waals surface area contributed by atoms with Gasteiger partial charge in [0.05, 0.1) is 0 Å². The largest absolute Gasteiger partial charge is 0.292 e. The van der Waals surface area contributed by atoms with Crippen LogP contribution in [-0.4, -0.2) is 0 Å². The summed E-state index contributed by atoms with van der Waals surface area (Å²) in [4.78, 5) is 0. The van der Waals surface area contributed by atoms with Gasteiger partial charge in [-0.25, -0.2) is 0 Å². The number of benzene rings is 1. The summed E-state index contributed by atoms with van der Waals surface area (Å²) in [6.45, 7) is 0. The summed E-state index contributed by atoms with van der Waals surface area (Å²) in [6.07, 6.45) is 2.37. The molecular formula is C9H5BrF2. The fourth-order valence-electron chi connectivity index (χ4n) is 1.26. The van der Waals surface area contributed by atoms with Crippen LogP contribution in [0.1, 0.15) is 11.1 Å². The predicted molar refractivity (Wildman–Crippen MR) is 47.1 cm³/mol. The zero-order valence-electron chi connectivity index (χ0n) is 6.02. The van der Waals surface area contributed by atoms with Crippen LogP contribution in [-0.2, 0) is 5.92 Å². The summed E-state index contributed by atoms with van der Waals surface area (Å²) in [6, 6.07) is 4.76. The standard InChI is InChI=1S/C9H5BrF2/c10-7-1-2-8-6(5-7)3-4-9(8,11)12/h1-5H. The van der Waals surface area contributed by atoms with E-state index < -0.39 is 5.92 Å². The molecule has 12 heavy (non-hydrogen) atoms. The number of alkyl halides is 2. The Morgan fingerprint density at radius 1 is 1.25 bits per heavy atom. The Morgan fingerprint density at radius 2 is 2.00 bits per heavy atom. The summed E-state index contributed by atoms with van der Waals surface area (Å²) in [5.41, 5.74) is 0.681. The molecule has 0 fully saturated rings. The lowest BCUT2D eigenvalue weighted by Crippen LogP contribution is -2.05. The highest BCUT2D eigenvalue weighted by atomic mass is 79.9. The first-order valence-electron chi connectivity index (χ1n) is 3.47. The van der Waals surface area contributed by atoms with Gasteiger partial charge in [0.25, 0.3) is 5.92 Å². The van der Waals surface area contributed by atoms with Crippen molar-refractivity contribution in [3.8, 4) is 0 Å². The molecule has 3 heteroatoms. The van der Waals surface area contributed by atoms with Crippen molar-refractivity contribution in [2.24, 2.45) is 0 Å². The molecule has 0 N–H and O–H groups in total. The highest BCUT2D eigenvalue weighted by Gasteiger charge is 2.34. The average molecular weight is 231 g/mol. The Kier molecular flexibility index (Phi) is 1.58. The molecule has 0 aromatic heterocycles. The van der Waals surface area contributed by atoms with Gasteiger partial charge in [0, 0.05) is 10.0 Å². The topological polar surface area (TPSA) is 0 Å². The molecule has 0 amide bonds. The van der Waals surface area contributed by atoms with E-state index in [1.54, 1.807) is 12.1 Å². The summed E-state index contributed by atoms with van der Waals surface area (Å²) in [5, 5.41) is 0. The van der Waals surface area contributed by atoms with Crippen LogP contribution in [0.15, 0.2) is 28.7 Å². The number of hydrogen-bond acceptors (Lipinski definition) is 0. The molecule has 0 heterocycles. The van der Waals surface area contributed by atoms with Crippen molar-refractivity contribution in [3.05, 3.63) is 39.9 Å². The lowest BCUT2D eigenvalue weighted by molar-refractivity contribution is 0.0558. The van der Waals surface area contributed by atoms with Gasteiger partial charge in [0.2, 0.25) is 0 Å². The van der Waals surface area contributed by atoms with Gasteiger partial charge in [-0.2, -0.15) is 8.78 Å². The minimum Gasteiger partial charge on any atom is -0.196 e. The molecule has 62 valence electrons. The van der Waals surface area contributed by atoms with Crippen LogP contribution < -0.4 is 0 Å². The number of halogens is 3. The van der Waals surface area contributed by atoms with E-state index in [-0.39, 0.29) is 5.56 Å². The molecule has 0 nitrogen and oxygen atoms in total. The second kappa shape index (κ2) is 2.39. The van der Waals surface area contributed by atoms with E-state index in [1.807, 2.05) is 0 Å². The molecular weight excluding hydrogens is 226 g/mol. The van der Waals surface area contributed by atoms with Crippen molar-refractivity contribution >= 4 is 22.0 Å². The van der Waals surface area contributed by atoms with E-state index in [2.05, 4.69) is 15.9 Å². The highest BCUT2D eigenvalue weighted by molar-refractivity contribution is 9.10. The molecule has 0 saturated heterocycles. The van der Waals surface area contributed by atoms with Crippen LogP contribution >= 0.6 is 15.9 Å². The smallest absolute Gasteiger partial charge is 0.196 e. The fourth-order valence-corrected chi connectivity index (χ4v) is 1.64. The minimum absolute atomic E-state index is 0.0886. The van der Waals surface area contributed by atoms with Crippen molar-refractivity contribution < 1.29 is 8.78 Å². The summed E-state index contributed by atoms with van der Waals surface area (Å²) in [5.74, 6) is -2.78. The van der Waals surface area contributed by atoms with E-state index in [4.69, 9.17) is 0 Å². The van der Waals surface area contributed by atoms with Gasteiger partial charge in [0.1, 0.15) is 0 Å². The highest BCUT2D eigenvalue weighted by Crippen LogP contribution is 2.39. The third-order valence-corrected chi connectivity index (χ3v) is 2.34. The third kappa shape index (κ3) is 1.08. The van der Waals surface area contributed by atoms with E-state index in [0.29, 0.717) is 5.56 Å². The monoisotopic (exact) mass is 230 g/mol. The normalized spacial score (nSPS) is 17.9. The molecule has 0 spiro atoms. The number of rotatable bonds is 0. The Morgan fingerprint density at radius 3 is 2.75 bits per heavy atom. The molecule has 1 aliphatic rings. The van der Waals surface area contributed by atoms with Gasteiger partial charge in [-0.3, -0.25) is 0 Å². The Hall–Kier alpha value is -0.700. The van der Waals surface area contributed by atoms with E-state index in [1.165, 1.54) is 12.1 Å². The van der Waals surface area contributed by atoms with Gasteiger partial charge in [0.15, 0.2) is 0 Å². The molecule has 2 rings (SSSR count). The van der Waals surface area contributed by atoms with Gasteiger partial charge in [-0.1, -0.05) is 28.1 Å². The molecule has 0 atom stereocenters. The molecule has 0 radical (unpaired) electrons. The first-order chi connectivity index (χ1) is 5.59. The number of allylic oxidation sites excluding steroid dienone is 1. The van der Waals surface area contributed by atoms with Crippen molar-refractivity contribution in [1.82, 2.24) is 0 Å². The molecule has 0 bridgehead atoms. The Balaban J connectivity index is 2.62. The maximum absolute atomic E-state index is 13.0. The molecule has 0 aliphatic heterocycles. The van der Waals surface area contributed by atoms with Crippen LogP contribution in [0.3, 0.4) is 0 Å². The van der Waals surface area contributed by atoms with Crippen molar-refractivity contribution in [3.63, 3.8) is 0 Å². The van der Waals surface area contributed by atoms with Gasteiger partial charge < -0.3 is 0 Å². The quantitative estimate of drug-likeness (QED) is 0.640. The van der Waals surface area contributed by atoms with Crippen LogP contribution in [0.5, 0.6) is 0 Å². The van der Waals surface area contributed by atoms with Gasteiger partial charge >= 0.3 is 0 Å². The van der Waals surface area contributed by atoms with Crippen LogP contribution in [0.25, 0.3) is 6.08 Å². The molecule has 1 aromatic rings. The molecule has 0 saturated carbocycles. The van der Waals surface area contributed by atoms with Crippen molar-refractivity contribution in [1.29, 1.82) is 0 Å². The Labute approximate surface area is 77.0 Å². The third-order valence-electron chi connectivity index (χ3n) is 1.84. The van der Waals surface area contributed by atoms with E-state index >= 15 is 0 Å². The summed E-state index contributed by atoms with van der Waals surface area (Å²) in [7, 11) is 0.